The number of carbonyl (C=O) groups is 3. The molecule has 0 bridgehead atoms. The fourth-order valence-electron chi connectivity index (χ4n) is 1.92. The van der Waals surface area contributed by atoms with Crippen LogP contribution in [0.2, 0.25) is 0 Å². The predicted octanol–water partition coefficient (Wildman–Crippen LogP) is -0.907. The van der Waals surface area contributed by atoms with Crippen LogP contribution >= 0.6 is 0 Å². The first kappa shape index (κ1) is 14.4. The summed E-state index contributed by atoms with van der Waals surface area (Å²) in [4.78, 5) is 33.1. The van der Waals surface area contributed by atoms with Crippen molar-refractivity contribution in [2.45, 2.75) is 50.1 Å². The third kappa shape index (κ3) is 4.33. The van der Waals surface area contributed by atoms with E-state index in [0.29, 0.717) is 0 Å². The van der Waals surface area contributed by atoms with Crippen molar-refractivity contribution in [1.82, 2.24) is 5.32 Å². The molecule has 7 nitrogen and oxygen atoms in total. The summed E-state index contributed by atoms with van der Waals surface area (Å²) in [5, 5.41) is 11.3. The van der Waals surface area contributed by atoms with Gasteiger partial charge in [0.1, 0.15) is 6.04 Å². The summed E-state index contributed by atoms with van der Waals surface area (Å²) in [5.74, 6) is -2.16. The highest BCUT2D eigenvalue weighted by molar-refractivity contribution is 5.84. The van der Waals surface area contributed by atoms with Crippen LogP contribution in [0.3, 0.4) is 0 Å². The molecule has 0 aromatic rings. The highest BCUT2D eigenvalue weighted by Gasteiger charge is 2.35. The maximum Gasteiger partial charge on any atom is 0.326 e. The van der Waals surface area contributed by atoms with Gasteiger partial charge in [-0.1, -0.05) is 0 Å². The molecule has 0 unspecified atom stereocenters. The Morgan fingerprint density at radius 1 is 1.33 bits per heavy atom. The van der Waals surface area contributed by atoms with Crippen LogP contribution in [0.15, 0.2) is 0 Å². The Kier molecular flexibility index (Phi) is 4.66. The number of aliphatic carboxylic acids is 1. The molecule has 0 aromatic heterocycles. The highest BCUT2D eigenvalue weighted by atomic mass is 16.4. The smallest absolute Gasteiger partial charge is 0.326 e. The number of hydrogen-bond acceptors (Lipinski definition) is 4. The average Bonchev–Trinajstić information content (AvgIpc) is 2.21. The molecule has 18 heavy (non-hydrogen) atoms. The third-order valence-corrected chi connectivity index (χ3v) is 3.17. The molecule has 1 fully saturated rings. The minimum Gasteiger partial charge on any atom is -0.480 e. The van der Waals surface area contributed by atoms with Crippen LogP contribution in [0.5, 0.6) is 0 Å². The molecule has 1 atom stereocenters. The van der Waals surface area contributed by atoms with Gasteiger partial charge in [-0.2, -0.15) is 0 Å². The summed E-state index contributed by atoms with van der Waals surface area (Å²) in [6.45, 7) is 0. The van der Waals surface area contributed by atoms with Crippen molar-refractivity contribution < 1.29 is 19.5 Å². The molecule has 0 spiro atoms. The summed E-state index contributed by atoms with van der Waals surface area (Å²) in [5.41, 5.74) is 10.3. The van der Waals surface area contributed by atoms with E-state index >= 15 is 0 Å². The zero-order chi connectivity index (χ0) is 13.8. The maximum absolute atomic E-state index is 11.6. The Labute approximate surface area is 105 Å². The van der Waals surface area contributed by atoms with Gasteiger partial charge in [0.05, 0.1) is 0 Å². The van der Waals surface area contributed by atoms with E-state index in [1.807, 2.05) is 0 Å². The molecule has 102 valence electrons. The number of carboxylic acids is 1. The van der Waals surface area contributed by atoms with Gasteiger partial charge in [-0.15, -0.1) is 0 Å². The van der Waals surface area contributed by atoms with Crippen LogP contribution in [0.1, 0.15) is 38.5 Å². The normalized spacial score (nSPS) is 18.5. The average molecular weight is 257 g/mol. The van der Waals surface area contributed by atoms with Crippen molar-refractivity contribution in [2.75, 3.05) is 0 Å². The third-order valence-electron chi connectivity index (χ3n) is 3.17. The van der Waals surface area contributed by atoms with E-state index < -0.39 is 29.4 Å². The second-order valence-corrected chi connectivity index (χ2v) is 4.86. The SMILES string of the molecule is NC(=O)CC[C@@H](NC(=O)CC1(N)CCC1)C(=O)O. The number of nitrogens with two attached hydrogens (primary N) is 2. The summed E-state index contributed by atoms with van der Waals surface area (Å²) < 4.78 is 0. The molecular weight excluding hydrogens is 238 g/mol. The molecule has 6 N–H and O–H groups in total. The van der Waals surface area contributed by atoms with Crippen molar-refractivity contribution in [3.05, 3.63) is 0 Å². The first-order chi connectivity index (χ1) is 8.32. The van der Waals surface area contributed by atoms with Crippen molar-refractivity contribution in [3.8, 4) is 0 Å². The van der Waals surface area contributed by atoms with Crippen LogP contribution in [0, 0.1) is 0 Å². The summed E-state index contributed by atoms with van der Waals surface area (Å²) in [7, 11) is 0. The Balaban J connectivity index is 2.42. The van der Waals surface area contributed by atoms with E-state index in [1.165, 1.54) is 0 Å². The van der Waals surface area contributed by atoms with Gasteiger partial charge >= 0.3 is 5.97 Å². The number of nitrogens with one attached hydrogen (secondary N) is 1. The molecule has 2 amide bonds. The first-order valence-corrected chi connectivity index (χ1v) is 5.92. The van der Waals surface area contributed by atoms with Gasteiger partial charge in [-0.05, 0) is 25.7 Å². The standard InChI is InChI=1S/C11H19N3O4/c12-8(15)3-2-7(10(17)18)14-9(16)6-11(13)4-1-5-11/h7H,1-6,13H2,(H2,12,15)(H,14,16)(H,17,18)/t7-/m1/s1. The lowest BCUT2D eigenvalue weighted by molar-refractivity contribution is -0.142. The number of primary amides is 1. The summed E-state index contributed by atoms with van der Waals surface area (Å²) in [6.07, 6.45) is 2.58. The lowest BCUT2D eigenvalue weighted by Crippen LogP contribution is -2.52. The molecule has 0 heterocycles. The van der Waals surface area contributed by atoms with E-state index in [2.05, 4.69) is 5.32 Å². The topological polar surface area (TPSA) is 136 Å². The van der Waals surface area contributed by atoms with Crippen LogP contribution in [0.25, 0.3) is 0 Å². The molecule has 0 radical (unpaired) electrons. The lowest BCUT2D eigenvalue weighted by atomic mass is 9.75. The molecular formula is C11H19N3O4. The summed E-state index contributed by atoms with van der Waals surface area (Å²) in [6, 6.07) is -1.09. The molecule has 1 aliphatic rings. The van der Waals surface area contributed by atoms with Gasteiger partial charge in [-0.3, -0.25) is 9.59 Å². The number of amides is 2. The first-order valence-electron chi connectivity index (χ1n) is 5.92. The monoisotopic (exact) mass is 257 g/mol. The Morgan fingerprint density at radius 3 is 2.33 bits per heavy atom. The van der Waals surface area contributed by atoms with Gasteiger partial charge in [-0.25, -0.2) is 4.79 Å². The second-order valence-electron chi connectivity index (χ2n) is 4.86. The number of hydrogen-bond donors (Lipinski definition) is 4. The number of rotatable bonds is 7. The lowest BCUT2D eigenvalue weighted by Gasteiger charge is -2.37. The molecule has 0 aromatic carbocycles. The Bertz CT molecular complexity index is 352. The minimum absolute atomic E-state index is 0.00597. The quantitative estimate of drug-likeness (QED) is 0.468. The summed E-state index contributed by atoms with van der Waals surface area (Å²) >= 11 is 0. The Hall–Kier alpha value is -1.63. The predicted molar refractivity (Wildman–Crippen MR) is 63.4 cm³/mol. The Morgan fingerprint density at radius 2 is 1.94 bits per heavy atom. The zero-order valence-electron chi connectivity index (χ0n) is 10.1. The van der Waals surface area contributed by atoms with Crippen LogP contribution < -0.4 is 16.8 Å². The van der Waals surface area contributed by atoms with Gasteiger partial charge in [0, 0.05) is 18.4 Å². The van der Waals surface area contributed by atoms with Gasteiger partial charge < -0.3 is 21.9 Å². The molecule has 0 aliphatic heterocycles. The van der Waals surface area contributed by atoms with Gasteiger partial charge in [0.25, 0.3) is 0 Å². The fraction of sp³-hybridized carbons (Fsp3) is 0.727. The van der Waals surface area contributed by atoms with Crippen LogP contribution in [-0.4, -0.2) is 34.5 Å². The van der Waals surface area contributed by atoms with E-state index in [-0.39, 0.29) is 19.3 Å². The van der Waals surface area contributed by atoms with Crippen molar-refractivity contribution >= 4 is 17.8 Å². The minimum atomic E-state index is -1.18. The molecule has 0 saturated heterocycles. The van der Waals surface area contributed by atoms with Crippen LogP contribution in [-0.2, 0) is 14.4 Å². The molecule has 1 aliphatic carbocycles. The van der Waals surface area contributed by atoms with E-state index in [9.17, 15) is 14.4 Å². The molecule has 7 heteroatoms. The van der Waals surface area contributed by atoms with Crippen LogP contribution in [0.4, 0.5) is 0 Å². The maximum atomic E-state index is 11.6. The van der Waals surface area contributed by atoms with E-state index in [4.69, 9.17) is 16.6 Å². The van der Waals surface area contributed by atoms with Gasteiger partial charge in [0.15, 0.2) is 0 Å². The van der Waals surface area contributed by atoms with Crippen molar-refractivity contribution in [1.29, 1.82) is 0 Å². The zero-order valence-corrected chi connectivity index (χ0v) is 10.1. The van der Waals surface area contributed by atoms with Gasteiger partial charge in [0.2, 0.25) is 11.8 Å². The second kappa shape index (κ2) is 5.81. The number of carbonyl (C=O) groups excluding carboxylic acids is 2. The number of carboxylic acid groups (broad SMARTS) is 1. The fourth-order valence-corrected chi connectivity index (χ4v) is 1.92. The molecule has 1 rings (SSSR count). The highest BCUT2D eigenvalue weighted by Crippen LogP contribution is 2.31. The molecule has 1 saturated carbocycles. The van der Waals surface area contributed by atoms with E-state index in [0.717, 1.165) is 19.3 Å². The van der Waals surface area contributed by atoms with E-state index in [1.54, 1.807) is 0 Å². The van der Waals surface area contributed by atoms with Crippen molar-refractivity contribution in [2.24, 2.45) is 11.5 Å². The van der Waals surface area contributed by atoms with Crippen molar-refractivity contribution in [3.63, 3.8) is 0 Å². The largest absolute Gasteiger partial charge is 0.480 e.